The number of halogens is 1. The zero-order chi connectivity index (χ0) is 22.8. The van der Waals surface area contributed by atoms with E-state index in [1.54, 1.807) is 24.4 Å². The van der Waals surface area contributed by atoms with Crippen LogP contribution in [0.25, 0.3) is 22.3 Å². The molecule has 2 N–H and O–H groups in total. The molecule has 0 radical (unpaired) electrons. The van der Waals surface area contributed by atoms with Crippen molar-refractivity contribution in [1.82, 2.24) is 15.0 Å². The van der Waals surface area contributed by atoms with Gasteiger partial charge in [0.1, 0.15) is 17.3 Å². The predicted octanol–water partition coefficient (Wildman–Crippen LogP) is 4.99. The lowest BCUT2D eigenvalue weighted by atomic mass is 10.0. The highest BCUT2D eigenvalue weighted by Gasteiger charge is 2.23. The Balaban J connectivity index is 1.82. The summed E-state index contributed by atoms with van der Waals surface area (Å²) in [4.78, 5) is 36.3. The SMILES string of the molecule is COC(=O)C(=O)c1c[nH]c2nccc(Nc3nc(-c4ccc(F)cc4)ccc3C(C)C)c12. The zero-order valence-electron chi connectivity index (χ0n) is 17.8. The minimum absolute atomic E-state index is 0.156. The number of anilines is 2. The Hall–Kier alpha value is -4.07. The van der Waals surface area contributed by atoms with Crippen LogP contribution in [0.15, 0.2) is 54.9 Å². The third-order valence-electron chi connectivity index (χ3n) is 5.13. The molecule has 0 aliphatic rings. The number of fused-ring (bicyclic) bond motifs is 1. The number of carbonyl (C=O) groups excluding carboxylic acids is 2. The minimum Gasteiger partial charge on any atom is -0.463 e. The third-order valence-corrected chi connectivity index (χ3v) is 5.13. The van der Waals surface area contributed by atoms with Crippen molar-refractivity contribution in [3.8, 4) is 11.3 Å². The standard InChI is InChI=1S/C24H21FN4O3/c1-13(2)16-8-9-18(14-4-6-15(25)7-5-14)28-22(16)29-19-10-11-26-23-20(19)17(12-27-23)21(30)24(31)32-3/h4-13H,1-3H3,(H2,26,27,28,29). The zero-order valence-corrected chi connectivity index (χ0v) is 17.8. The van der Waals surface area contributed by atoms with E-state index in [0.717, 1.165) is 18.2 Å². The Morgan fingerprint density at radius 2 is 1.84 bits per heavy atom. The minimum atomic E-state index is -0.958. The number of benzene rings is 1. The van der Waals surface area contributed by atoms with Gasteiger partial charge in [-0.1, -0.05) is 19.9 Å². The molecule has 0 saturated heterocycles. The number of ether oxygens (including phenoxy) is 1. The molecule has 3 aromatic heterocycles. The summed E-state index contributed by atoms with van der Waals surface area (Å²) >= 11 is 0. The second-order valence-corrected chi connectivity index (χ2v) is 7.53. The van der Waals surface area contributed by atoms with Crippen LogP contribution in [-0.2, 0) is 9.53 Å². The summed E-state index contributed by atoms with van der Waals surface area (Å²) in [5, 5.41) is 3.77. The smallest absolute Gasteiger partial charge is 0.379 e. The number of esters is 1. The molecule has 8 heteroatoms. The first-order chi connectivity index (χ1) is 15.4. The van der Waals surface area contributed by atoms with Crippen molar-refractivity contribution < 1.29 is 18.7 Å². The summed E-state index contributed by atoms with van der Waals surface area (Å²) in [6.07, 6.45) is 3.03. The third kappa shape index (κ3) is 3.94. The van der Waals surface area contributed by atoms with Crippen LogP contribution in [0.3, 0.4) is 0 Å². The van der Waals surface area contributed by atoms with Gasteiger partial charge in [0, 0.05) is 18.0 Å². The number of nitrogens with one attached hydrogen (secondary N) is 2. The first kappa shape index (κ1) is 21.2. The van der Waals surface area contributed by atoms with Crippen molar-refractivity contribution in [3.63, 3.8) is 0 Å². The highest BCUT2D eigenvalue weighted by molar-refractivity contribution is 6.43. The molecule has 162 valence electrons. The Bertz CT molecular complexity index is 1310. The fourth-order valence-electron chi connectivity index (χ4n) is 3.49. The number of carbonyl (C=O) groups is 2. The van der Waals surface area contributed by atoms with Crippen molar-refractivity contribution in [2.75, 3.05) is 12.4 Å². The number of rotatable bonds is 6. The number of H-pyrrole nitrogens is 1. The van der Waals surface area contributed by atoms with Gasteiger partial charge in [0.05, 0.1) is 29.4 Å². The van der Waals surface area contributed by atoms with Gasteiger partial charge in [-0.25, -0.2) is 19.2 Å². The van der Waals surface area contributed by atoms with E-state index in [0.29, 0.717) is 28.2 Å². The lowest BCUT2D eigenvalue weighted by Crippen LogP contribution is -2.15. The lowest BCUT2D eigenvalue weighted by Gasteiger charge is -2.16. The molecule has 0 bridgehead atoms. The number of pyridine rings is 2. The summed E-state index contributed by atoms with van der Waals surface area (Å²) in [7, 11) is 1.16. The molecule has 0 unspecified atom stereocenters. The van der Waals surface area contributed by atoms with Gasteiger partial charge in [-0.3, -0.25) is 4.79 Å². The van der Waals surface area contributed by atoms with E-state index in [9.17, 15) is 14.0 Å². The fourth-order valence-corrected chi connectivity index (χ4v) is 3.49. The largest absolute Gasteiger partial charge is 0.463 e. The average molecular weight is 432 g/mol. The van der Waals surface area contributed by atoms with Gasteiger partial charge in [0.2, 0.25) is 0 Å². The fraction of sp³-hybridized carbons (Fsp3) is 0.167. The topological polar surface area (TPSA) is 97.0 Å². The van der Waals surface area contributed by atoms with Crippen LogP contribution in [0.2, 0.25) is 0 Å². The molecule has 0 atom stereocenters. The summed E-state index contributed by atoms with van der Waals surface area (Å²) < 4.78 is 17.9. The highest BCUT2D eigenvalue weighted by Crippen LogP contribution is 2.33. The summed E-state index contributed by atoms with van der Waals surface area (Å²) in [6, 6.07) is 11.7. The number of Topliss-reactive ketones (excluding diaryl/α,β-unsaturated/α-hetero) is 1. The van der Waals surface area contributed by atoms with E-state index in [1.165, 1.54) is 18.3 Å². The number of ketones is 1. The maximum atomic E-state index is 13.3. The molecule has 0 saturated carbocycles. The van der Waals surface area contributed by atoms with E-state index < -0.39 is 11.8 Å². The number of methoxy groups -OCH3 is 1. The van der Waals surface area contributed by atoms with Gasteiger partial charge in [-0.05, 0) is 47.9 Å². The van der Waals surface area contributed by atoms with Crippen molar-refractivity contribution in [2.45, 2.75) is 19.8 Å². The van der Waals surface area contributed by atoms with E-state index in [-0.39, 0.29) is 17.3 Å². The van der Waals surface area contributed by atoms with Gasteiger partial charge < -0.3 is 15.0 Å². The molecule has 0 amide bonds. The maximum absolute atomic E-state index is 13.3. The first-order valence-corrected chi connectivity index (χ1v) is 10.0. The Labute approximate surface area is 183 Å². The first-order valence-electron chi connectivity index (χ1n) is 10.0. The van der Waals surface area contributed by atoms with Gasteiger partial charge in [-0.15, -0.1) is 0 Å². The molecule has 0 spiro atoms. The summed E-state index contributed by atoms with van der Waals surface area (Å²) in [5.74, 6) is -1.30. The molecule has 4 rings (SSSR count). The molecule has 4 aromatic rings. The number of aromatic nitrogens is 3. The number of nitrogens with zero attached hydrogens (tertiary/aromatic N) is 2. The van der Waals surface area contributed by atoms with Crippen LogP contribution in [-0.4, -0.2) is 33.8 Å². The number of hydrogen-bond donors (Lipinski definition) is 2. The van der Waals surface area contributed by atoms with Crippen molar-refractivity contribution in [1.29, 1.82) is 0 Å². The normalized spacial score (nSPS) is 11.0. The quantitative estimate of drug-likeness (QED) is 0.253. The van der Waals surface area contributed by atoms with Crippen LogP contribution < -0.4 is 5.32 Å². The van der Waals surface area contributed by atoms with Crippen LogP contribution in [0, 0.1) is 5.82 Å². The van der Waals surface area contributed by atoms with Crippen LogP contribution >= 0.6 is 0 Å². The van der Waals surface area contributed by atoms with E-state index in [2.05, 4.69) is 20.0 Å². The summed E-state index contributed by atoms with van der Waals surface area (Å²) in [5.41, 5.74) is 3.56. The Morgan fingerprint density at radius 1 is 1.09 bits per heavy atom. The highest BCUT2D eigenvalue weighted by atomic mass is 19.1. The van der Waals surface area contributed by atoms with Crippen molar-refractivity contribution in [3.05, 3.63) is 71.8 Å². The second kappa shape index (κ2) is 8.58. The molecule has 7 nitrogen and oxygen atoms in total. The Morgan fingerprint density at radius 3 is 2.53 bits per heavy atom. The van der Waals surface area contributed by atoms with E-state index >= 15 is 0 Å². The molecule has 0 aliphatic carbocycles. The van der Waals surface area contributed by atoms with Gasteiger partial charge >= 0.3 is 5.97 Å². The van der Waals surface area contributed by atoms with E-state index in [1.807, 2.05) is 26.0 Å². The van der Waals surface area contributed by atoms with Gasteiger partial charge in [0.25, 0.3) is 5.78 Å². The number of hydrogen-bond acceptors (Lipinski definition) is 6. The summed E-state index contributed by atoms with van der Waals surface area (Å²) in [6.45, 7) is 4.09. The van der Waals surface area contributed by atoms with Gasteiger partial charge in [0.15, 0.2) is 0 Å². The van der Waals surface area contributed by atoms with Crippen molar-refractivity contribution in [2.24, 2.45) is 0 Å². The molecule has 0 fully saturated rings. The van der Waals surface area contributed by atoms with Crippen molar-refractivity contribution >= 4 is 34.3 Å². The van der Waals surface area contributed by atoms with Crippen LogP contribution in [0.4, 0.5) is 15.9 Å². The molecular weight excluding hydrogens is 411 g/mol. The lowest BCUT2D eigenvalue weighted by molar-refractivity contribution is -0.135. The molecule has 3 heterocycles. The van der Waals surface area contributed by atoms with E-state index in [4.69, 9.17) is 4.98 Å². The molecule has 1 aromatic carbocycles. The molecule has 32 heavy (non-hydrogen) atoms. The van der Waals surface area contributed by atoms with Crippen LogP contribution in [0.5, 0.6) is 0 Å². The molecule has 0 aliphatic heterocycles. The monoisotopic (exact) mass is 432 g/mol. The molecular formula is C24H21FN4O3. The predicted molar refractivity (Wildman–Crippen MR) is 119 cm³/mol. The number of aromatic amines is 1. The Kier molecular flexibility index (Phi) is 5.68. The maximum Gasteiger partial charge on any atom is 0.379 e. The van der Waals surface area contributed by atoms with Gasteiger partial charge in [-0.2, -0.15) is 0 Å². The second-order valence-electron chi connectivity index (χ2n) is 7.53. The average Bonchev–Trinajstić information content (AvgIpc) is 3.23. The van der Waals surface area contributed by atoms with Crippen LogP contribution in [0.1, 0.15) is 35.7 Å².